The Bertz CT molecular complexity index is 1050. The van der Waals surface area contributed by atoms with Gasteiger partial charge in [-0.1, -0.05) is 30.3 Å². The highest BCUT2D eigenvalue weighted by Gasteiger charge is 2.27. The minimum atomic E-state index is -0.194. The van der Waals surface area contributed by atoms with Crippen LogP contribution in [-0.4, -0.2) is 53.0 Å². The molecular formula is C26H31FN4O. The van der Waals surface area contributed by atoms with Gasteiger partial charge in [0.1, 0.15) is 5.82 Å². The predicted octanol–water partition coefficient (Wildman–Crippen LogP) is 4.86. The van der Waals surface area contributed by atoms with Crippen molar-refractivity contribution in [3.63, 3.8) is 0 Å². The monoisotopic (exact) mass is 434 g/mol. The van der Waals surface area contributed by atoms with Crippen molar-refractivity contribution < 1.29 is 9.18 Å². The minimum absolute atomic E-state index is 0.0827. The number of H-pyrrole nitrogens is 1. The zero-order valence-corrected chi connectivity index (χ0v) is 18.4. The lowest BCUT2D eigenvalue weighted by Crippen LogP contribution is -2.50. The molecule has 3 aromatic rings. The molecule has 0 radical (unpaired) electrons. The number of halogens is 1. The fourth-order valence-electron chi connectivity index (χ4n) is 5.17. The van der Waals surface area contributed by atoms with Crippen LogP contribution < -0.4 is 5.32 Å². The largest absolute Gasteiger partial charge is 0.361 e. The van der Waals surface area contributed by atoms with Crippen LogP contribution in [0.25, 0.3) is 10.9 Å². The first-order valence-electron chi connectivity index (χ1n) is 11.7. The number of urea groups is 1. The third kappa shape index (κ3) is 4.65. The maximum absolute atomic E-state index is 13.1. The normalized spacial score (nSPS) is 18.8. The second kappa shape index (κ2) is 9.33. The van der Waals surface area contributed by atoms with Crippen molar-refractivity contribution in [2.45, 2.75) is 44.2 Å². The molecule has 0 unspecified atom stereocenters. The Morgan fingerprint density at radius 1 is 0.969 bits per heavy atom. The van der Waals surface area contributed by atoms with E-state index in [0.29, 0.717) is 5.92 Å². The van der Waals surface area contributed by atoms with Gasteiger partial charge in [0.05, 0.1) is 0 Å². The van der Waals surface area contributed by atoms with Gasteiger partial charge in [0.2, 0.25) is 0 Å². The Morgan fingerprint density at radius 3 is 2.44 bits per heavy atom. The molecule has 2 aliphatic rings. The second-order valence-corrected chi connectivity index (χ2v) is 9.18. The minimum Gasteiger partial charge on any atom is -0.361 e. The molecule has 0 atom stereocenters. The molecule has 1 aromatic heterocycles. The number of carbonyl (C=O) groups is 1. The highest BCUT2D eigenvalue weighted by Crippen LogP contribution is 2.33. The zero-order valence-electron chi connectivity index (χ0n) is 18.4. The number of rotatable bonds is 4. The van der Waals surface area contributed by atoms with Gasteiger partial charge in [0.25, 0.3) is 0 Å². The number of likely N-dealkylation sites (tertiary alicyclic amines) is 2. The van der Waals surface area contributed by atoms with Gasteiger partial charge in [-0.3, -0.25) is 4.90 Å². The highest BCUT2D eigenvalue weighted by atomic mass is 19.1. The number of piperidine rings is 2. The Hall–Kier alpha value is -2.86. The molecule has 2 aromatic carbocycles. The third-order valence-electron chi connectivity index (χ3n) is 7.08. The molecule has 0 bridgehead atoms. The molecule has 0 aliphatic carbocycles. The molecular weight excluding hydrogens is 403 g/mol. The molecule has 2 amide bonds. The van der Waals surface area contributed by atoms with Crippen LogP contribution in [0, 0.1) is 5.82 Å². The number of benzene rings is 2. The van der Waals surface area contributed by atoms with Crippen LogP contribution in [0.3, 0.4) is 0 Å². The number of fused-ring (bicyclic) bond motifs is 1. The van der Waals surface area contributed by atoms with Gasteiger partial charge < -0.3 is 15.2 Å². The van der Waals surface area contributed by atoms with Gasteiger partial charge in [-0.05, 0) is 60.9 Å². The summed E-state index contributed by atoms with van der Waals surface area (Å²) < 4.78 is 13.1. The van der Waals surface area contributed by atoms with Crippen molar-refractivity contribution in [2.24, 2.45) is 0 Å². The van der Waals surface area contributed by atoms with E-state index in [0.717, 1.165) is 64.0 Å². The quantitative estimate of drug-likeness (QED) is 0.616. The number of hydrogen-bond acceptors (Lipinski definition) is 2. The van der Waals surface area contributed by atoms with E-state index in [9.17, 15) is 9.18 Å². The lowest BCUT2D eigenvalue weighted by molar-refractivity contribution is 0.159. The number of para-hydroxylation sites is 1. The molecule has 0 spiro atoms. The SMILES string of the molecule is O=C(NC1CCN(Cc2ccc(F)cc2)CC1)N1CCC(c2c[nH]c3ccccc23)CC1. The summed E-state index contributed by atoms with van der Waals surface area (Å²) in [5, 5.41) is 4.57. The van der Waals surface area contributed by atoms with Crippen LogP contribution in [0.5, 0.6) is 0 Å². The van der Waals surface area contributed by atoms with E-state index in [1.807, 2.05) is 17.0 Å². The fourth-order valence-corrected chi connectivity index (χ4v) is 5.17. The summed E-state index contributed by atoms with van der Waals surface area (Å²) in [6.07, 6.45) is 6.07. The maximum atomic E-state index is 13.1. The molecule has 5 nitrogen and oxygen atoms in total. The molecule has 0 saturated carbocycles. The van der Waals surface area contributed by atoms with Gasteiger partial charge in [-0.2, -0.15) is 0 Å². The highest BCUT2D eigenvalue weighted by molar-refractivity contribution is 5.83. The number of amides is 2. The summed E-state index contributed by atoms with van der Waals surface area (Å²) in [4.78, 5) is 20.6. The summed E-state index contributed by atoms with van der Waals surface area (Å²) in [6, 6.07) is 15.5. The van der Waals surface area contributed by atoms with Crippen molar-refractivity contribution in [2.75, 3.05) is 26.2 Å². The van der Waals surface area contributed by atoms with E-state index < -0.39 is 0 Å². The van der Waals surface area contributed by atoms with Crippen LogP contribution in [0.15, 0.2) is 54.7 Å². The molecule has 3 heterocycles. The van der Waals surface area contributed by atoms with Crippen molar-refractivity contribution in [1.29, 1.82) is 0 Å². The van der Waals surface area contributed by atoms with Crippen LogP contribution in [0.4, 0.5) is 9.18 Å². The smallest absolute Gasteiger partial charge is 0.317 e. The molecule has 168 valence electrons. The van der Waals surface area contributed by atoms with E-state index in [4.69, 9.17) is 0 Å². The Kier molecular flexibility index (Phi) is 6.12. The van der Waals surface area contributed by atoms with Crippen LogP contribution in [0.2, 0.25) is 0 Å². The van der Waals surface area contributed by atoms with Crippen LogP contribution in [0.1, 0.15) is 42.7 Å². The molecule has 2 fully saturated rings. The average Bonchev–Trinajstić information content (AvgIpc) is 3.26. The lowest BCUT2D eigenvalue weighted by atomic mass is 9.89. The standard InChI is InChI=1S/C26H31FN4O/c27-21-7-5-19(6-8-21)18-30-13-11-22(12-14-30)29-26(32)31-15-9-20(10-16-31)24-17-28-25-4-2-1-3-23(24)25/h1-8,17,20,22,28H,9-16,18H2,(H,29,32). The summed E-state index contributed by atoms with van der Waals surface area (Å²) in [7, 11) is 0. The van der Waals surface area contributed by atoms with Crippen molar-refractivity contribution >= 4 is 16.9 Å². The maximum Gasteiger partial charge on any atom is 0.317 e. The summed E-state index contributed by atoms with van der Waals surface area (Å²) in [5.41, 5.74) is 3.70. The van der Waals surface area contributed by atoms with Gasteiger partial charge in [-0.15, -0.1) is 0 Å². The number of carbonyl (C=O) groups excluding carboxylic acids is 1. The Balaban J connectivity index is 1.08. The van der Waals surface area contributed by atoms with Gasteiger partial charge >= 0.3 is 6.03 Å². The van der Waals surface area contributed by atoms with E-state index in [1.165, 1.54) is 28.6 Å². The molecule has 2 saturated heterocycles. The molecule has 5 rings (SSSR count). The van der Waals surface area contributed by atoms with Crippen LogP contribution >= 0.6 is 0 Å². The number of nitrogens with one attached hydrogen (secondary N) is 2. The molecule has 32 heavy (non-hydrogen) atoms. The van der Waals surface area contributed by atoms with Crippen molar-refractivity contribution in [3.8, 4) is 0 Å². The van der Waals surface area contributed by atoms with Crippen molar-refractivity contribution in [3.05, 3.63) is 71.7 Å². The lowest BCUT2D eigenvalue weighted by Gasteiger charge is -2.36. The van der Waals surface area contributed by atoms with E-state index in [-0.39, 0.29) is 17.9 Å². The zero-order chi connectivity index (χ0) is 21.9. The summed E-state index contributed by atoms with van der Waals surface area (Å²) >= 11 is 0. The van der Waals surface area contributed by atoms with Crippen LogP contribution in [-0.2, 0) is 6.54 Å². The average molecular weight is 435 g/mol. The first-order valence-corrected chi connectivity index (χ1v) is 11.7. The number of aromatic amines is 1. The van der Waals surface area contributed by atoms with Crippen molar-refractivity contribution in [1.82, 2.24) is 20.1 Å². The third-order valence-corrected chi connectivity index (χ3v) is 7.08. The van der Waals surface area contributed by atoms with E-state index >= 15 is 0 Å². The van der Waals surface area contributed by atoms with Gasteiger partial charge in [-0.25, -0.2) is 9.18 Å². The fraction of sp³-hybridized carbons (Fsp3) is 0.423. The molecule has 2 N–H and O–H groups in total. The first-order chi connectivity index (χ1) is 15.7. The topological polar surface area (TPSA) is 51.4 Å². The Labute approximate surface area is 188 Å². The number of nitrogens with zero attached hydrogens (tertiary/aromatic N) is 2. The molecule has 6 heteroatoms. The van der Waals surface area contributed by atoms with E-state index in [1.54, 1.807) is 0 Å². The number of hydrogen-bond donors (Lipinski definition) is 2. The number of aromatic nitrogens is 1. The van der Waals surface area contributed by atoms with Gasteiger partial charge in [0.15, 0.2) is 0 Å². The first kappa shape index (κ1) is 21.0. The van der Waals surface area contributed by atoms with Gasteiger partial charge in [0, 0.05) is 55.9 Å². The summed E-state index contributed by atoms with van der Waals surface area (Å²) in [6.45, 7) is 4.34. The predicted molar refractivity (Wildman–Crippen MR) is 125 cm³/mol. The van der Waals surface area contributed by atoms with E-state index in [2.05, 4.69) is 45.7 Å². The molecule has 2 aliphatic heterocycles. The Morgan fingerprint density at radius 2 is 1.69 bits per heavy atom. The second-order valence-electron chi connectivity index (χ2n) is 9.18. The summed E-state index contributed by atoms with van der Waals surface area (Å²) in [5.74, 6) is 0.311.